The zero-order chi connectivity index (χ0) is 22.8. The van der Waals surface area contributed by atoms with Crippen LogP contribution in [0.3, 0.4) is 0 Å². The molecule has 0 unspecified atom stereocenters. The van der Waals surface area contributed by atoms with Crippen molar-refractivity contribution in [2.45, 2.75) is 19.4 Å². The predicted octanol–water partition coefficient (Wildman–Crippen LogP) is 3.29. The molecule has 0 atom stereocenters. The lowest BCUT2D eigenvalue weighted by atomic mass is 10.2. The van der Waals surface area contributed by atoms with Crippen molar-refractivity contribution in [3.8, 4) is 0 Å². The molecule has 1 aromatic heterocycles. The van der Waals surface area contributed by atoms with Crippen molar-refractivity contribution in [3.63, 3.8) is 0 Å². The minimum Gasteiger partial charge on any atom is -0.350 e. The highest BCUT2D eigenvalue weighted by Gasteiger charge is 2.20. The van der Waals surface area contributed by atoms with Crippen molar-refractivity contribution >= 4 is 29.2 Å². The summed E-state index contributed by atoms with van der Waals surface area (Å²) >= 11 is 0. The van der Waals surface area contributed by atoms with Gasteiger partial charge in [-0.1, -0.05) is 36.4 Å². The van der Waals surface area contributed by atoms with Gasteiger partial charge in [-0.05, 0) is 42.0 Å². The number of hydrogen-bond acceptors (Lipinski definition) is 4. The SMILES string of the molecule is O=C(CN(C(=O)CCC(=O)Nc1ccccn1)c1ccc(F)cc1)NCc1ccccc1. The fourth-order valence-corrected chi connectivity index (χ4v) is 2.94. The summed E-state index contributed by atoms with van der Waals surface area (Å²) in [6, 6.07) is 19.7. The zero-order valence-electron chi connectivity index (χ0n) is 17.3. The Kier molecular flexibility index (Phi) is 8.02. The second kappa shape index (κ2) is 11.4. The van der Waals surface area contributed by atoms with E-state index in [1.165, 1.54) is 29.2 Å². The summed E-state index contributed by atoms with van der Waals surface area (Å²) in [6.07, 6.45) is 1.34. The first kappa shape index (κ1) is 22.6. The number of rotatable bonds is 9. The van der Waals surface area contributed by atoms with Crippen LogP contribution in [0.5, 0.6) is 0 Å². The lowest BCUT2D eigenvalue weighted by Crippen LogP contribution is -2.41. The molecule has 3 rings (SSSR count). The summed E-state index contributed by atoms with van der Waals surface area (Å²) in [5, 5.41) is 5.38. The van der Waals surface area contributed by atoms with Gasteiger partial charge >= 0.3 is 0 Å². The largest absolute Gasteiger partial charge is 0.350 e. The molecular formula is C24H23FN4O3. The molecule has 1 heterocycles. The number of carbonyl (C=O) groups is 3. The number of nitrogens with zero attached hydrogens (tertiary/aromatic N) is 2. The standard InChI is InChI=1S/C24H23FN4O3/c25-19-9-11-20(12-10-19)29(17-23(31)27-16-18-6-2-1-3-7-18)24(32)14-13-22(30)28-21-8-4-5-15-26-21/h1-12,15H,13-14,16-17H2,(H,27,31)(H,26,28,30). The van der Waals surface area contributed by atoms with E-state index in [0.717, 1.165) is 5.56 Å². The first-order valence-corrected chi connectivity index (χ1v) is 10.1. The summed E-state index contributed by atoms with van der Waals surface area (Å²) in [5.41, 5.74) is 1.29. The third-order valence-electron chi connectivity index (χ3n) is 4.57. The van der Waals surface area contributed by atoms with Crippen LogP contribution >= 0.6 is 0 Å². The van der Waals surface area contributed by atoms with Crippen LogP contribution in [0.25, 0.3) is 0 Å². The molecule has 164 valence electrons. The van der Waals surface area contributed by atoms with Gasteiger partial charge in [-0.25, -0.2) is 9.37 Å². The van der Waals surface area contributed by atoms with Crippen molar-refractivity contribution in [1.82, 2.24) is 10.3 Å². The smallest absolute Gasteiger partial charge is 0.240 e. The molecule has 2 N–H and O–H groups in total. The number of halogens is 1. The van der Waals surface area contributed by atoms with Crippen LogP contribution in [0, 0.1) is 5.82 Å². The quantitative estimate of drug-likeness (QED) is 0.541. The normalized spacial score (nSPS) is 10.3. The molecule has 2 aromatic carbocycles. The van der Waals surface area contributed by atoms with E-state index in [-0.39, 0.29) is 31.2 Å². The Hall–Kier alpha value is -4.07. The number of benzene rings is 2. The van der Waals surface area contributed by atoms with Crippen LogP contribution in [0.2, 0.25) is 0 Å². The lowest BCUT2D eigenvalue weighted by molar-refractivity contribution is -0.125. The van der Waals surface area contributed by atoms with Crippen molar-refractivity contribution < 1.29 is 18.8 Å². The van der Waals surface area contributed by atoms with Gasteiger partial charge in [-0.3, -0.25) is 14.4 Å². The van der Waals surface area contributed by atoms with Crippen LogP contribution in [0.15, 0.2) is 79.0 Å². The Morgan fingerprint density at radius 2 is 1.56 bits per heavy atom. The van der Waals surface area contributed by atoms with Crippen LogP contribution < -0.4 is 15.5 Å². The van der Waals surface area contributed by atoms with E-state index in [1.54, 1.807) is 24.4 Å². The van der Waals surface area contributed by atoms with Crippen LogP contribution in [-0.2, 0) is 20.9 Å². The Bertz CT molecular complexity index is 1040. The van der Waals surface area contributed by atoms with E-state index in [2.05, 4.69) is 15.6 Å². The van der Waals surface area contributed by atoms with Crippen LogP contribution in [-0.4, -0.2) is 29.3 Å². The maximum Gasteiger partial charge on any atom is 0.240 e. The van der Waals surface area contributed by atoms with Gasteiger partial charge in [0.15, 0.2) is 0 Å². The van der Waals surface area contributed by atoms with E-state index in [4.69, 9.17) is 0 Å². The number of amides is 3. The first-order chi connectivity index (χ1) is 15.5. The molecule has 32 heavy (non-hydrogen) atoms. The lowest BCUT2D eigenvalue weighted by Gasteiger charge is -2.22. The third-order valence-corrected chi connectivity index (χ3v) is 4.57. The maximum absolute atomic E-state index is 13.3. The van der Waals surface area contributed by atoms with Crippen molar-refractivity contribution in [3.05, 3.63) is 90.4 Å². The van der Waals surface area contributed by atoms with Gasteiger partial charge in [0.1, 0.15) is 18.2 Å². The van der Waals surface area contributed by atoms with Crippen molar-refractivity contribution in [2.24, 2.45) is 0 Å². The van der Waals surface area contributed by atoms with Crippen LogP contribution in [0.1, 0.15) is 18.4 Å². The number of pyridine rings is 1. The molecule has 0 aliphatic rings. The summed E-state index contributed by atoms with van der Waals surface area (Å²) in [6.45, 7) is 0.0662. The number of nitrogens with one attached hydrogen (secondary N) is 2. The van der Waals surface area contributed by atoms with Gasteiger partial charge < -0.3 is 15.5 Å². The molecule has 0 saturated heterocycles. The number of anilines is 2. The summed E-state index contributed by atoms with van der Waals surface area (Å²) in [5.74, 6) is -1.23. The average Bonchev–Trinajstić information content (AvgIpc) is 2.82. The highest BCUT2D eigenvalue weighted by molar-refractivity contribution is 6.01. The average molecular weight is 434 g/mol. The fraction of sp³-hybridized carbons (Fsp3) is 0.167. The van der Waals surface area contributed by atoms with Gasteiger partial charge in [-0.15, -0.1) is 0 Å². The van der Waals surface area contributed by atoms with Gasteiger partial charge in [0.05, 0.1) is 0 Å². The molecule has 0 saturated carbocycles. The number of aromatic nitrogens is 1. The van der Waals surface area contributed by atoms with Gasteiger partial charge in [0.2, 0.25) is 17.7 Å². The molecule has 0 radical (unpaired) electrons. The Labute approximate surface area is 185 Å². The molecule has 0 fully saturated rings. The van der Waals surface area contributed by atoms with E-state index in [1.807, 2.05) is 30.3 Å². The molecule has 8 heteroatoms. The highest BCUT2D eigenvalue weighted by Crippen LogP contribution is 2.17. The van der Waals surface area contributed by atoms with Crippen molar-refractivity contribution in [1.29, 1.82) is 0 Å². The maximum atomic E-state index is 13.3. The second-order valence-corrected chi connectivity index (χ2v) is 6.98. The fourth-order valence-electron chi connectivity index (χ4n) is 2.94. The molecule has 3 aromatic rings. The molecule has 0 aliphatic carbocycles. The van der Waals surface area contributed by atoms with E-state index < -0.39 is 11.7 Å². The molecule has 3 amide bonds. The molecule has 0 aliphatic heterocycles. The van der Waals surface area contributed by atoms with Gasteiger partial charge in [0, 0.05) is 31.3 Å². The molecule has 0 spiro atoms. The predicted molar refractivity (Wildman–Crippen MR) is 119 cm³/mol. The zero-order valence-corrected chi connectivity index (χ0v) is 17.3. The van der Waals surface area contributed by atoms with E-state index in [9.17, 15) is 18.8 Å². The molecular weight excluding hydrogens is 411 g/mol. The number of carbonyl (C=O) groups excluding carboxylic acids is 3. The summed E-state index contributed by atoms with van der Waals surface area (Å²) in [4.78, 5) is 42.7. The monoisotopic (exact) mass is 434 g/mol. The van der Waals surface area contributed by atoms with Crippen molar-refractivity contribution in [2.75, 3.05) is 16.8 Å². The third kappa shape index (κ3) is 7.02. The Morgan fingerprint density at radius 3 is 2.25 bits per heavy atom. The summed E-state index contributed by atoms with van der Waals surface area (Å²) in [7, 11) is 0. The summed E-state index contributed by atoms with van der Waals surface area (Å²) < 4.78 is 13.3. The second-order valence-electron chi connectivity index (χ2n) is 6.98. The Balaban J connectivity index is 1.61. The minimum absolute atomic E-state index is 0.0846. The topological polar surface area (TPSA) is 91.4 Å². The minimum atomic E-state index is -0.454. The van der Waals surface area contributed by atoms with E-state index >= 15 is 0 Å². The molecule has 7 nitrogen and oxygen atoms in total. The van der Waals surface area contributed by atoms with E-state index in [0.29, 0.717) is 18.1 Å². The van der Waals surface area contributed by atoms with Gasteiger partial charge in [0.25, 0.3) is 0 Å². The Morgan fingerprint density at radius 1 is 0.844 bits per heavy atom. The number of hydrogen-bond donors (Lipinski definition) is 2. The first-order valence-electron chi connectivity index (χ1n) is 10.1. The molecule has 0 bridgehead atoms. The van der Waals surface area contributed by atoms with Crippen LogP contribution in [0.4, 0.5) is 15.9 Å². The van der Waals surface area contributed by atoms with Gasteiger partial charge in [-0.2, -0.15) is 0 Å². The highest BCUT2D eigenvalue weighted by atomic mass is 19.1.